The first-order valence-electron chi connectivity index (χ1n) is 7.77. The lowest BCUT2D eigenvalue weighted by Gasteiger charge is -2.32. The number of ether oxygens (including phenoxy) is 1. The molecule has 1 aliphatic rings. The Morgan fingerprint density at radius 3 is 2.17 bits per heavy atom. The first-order valence-corrected chi connectivity index (χ1v) is 7.77. The van der Waals surface area contributed by atoms with E-state index in [1.165, 1.54) is 13.2 Å². The molecule has 0 aromatic heterocycles. The maximum absolute atomic E-state index is 15.1. The molecule has 1 aromatic carbocycles. The van der Waals surface area contributed by atoms with Crippen LogP contribution in [0.15, 0.2) is 23.9 Å². The number of benzene rings is 1. The van der Waals surface area contributed by atoms with E-state index >= 15 is 4.39 Å². The minimum absolute atomic E-state index is 0.175. The van der Waals surface area contributed by atoms with E-state index in [-0.39, 0.29) is 24.2 Å². The molecular weight excluding hydrogens is 320 g/mol. The molecule has 0 saturated carbocycles. The summed E-state index contributed by atoms with van der Waals surface area (Å²) in [7, 11) is 0.283. The second-order valence-corrected chi connectivity index (χ2v) is 6.79. The molecule has 3 nitrogen and oxygen atoms in total. The Morgan fingerprint density at radius 2 is 1.67 bits per heavy atom. The first-order chi connectivity index (χ1) is 11.1. The van der Waals surface area contributed by atoms with E-state index in [0.29, 0.717) is 0 Å². The highest BCUT2D eigenvalue weighted by molar-refractivity contribution is 6.55. The lowest BCUT2D eigenvalue weighted by molar-refractivity contribution is 0.00578. The van der Waals surface area contributed by atoms with Crippen LogP contribution in [0.1, 0.15) is 39.7 Å². The summed E-state index contributed by atoms with van der Waals surface area (Å²) in [4.78, 5) is 0. The highest BCUT2D eigenvalue weighted by Crippen LogP contribution is 2.40. The molecule has 0 atom stereocenters. The van der Waals surface area contributed by atoms with Crippen LogP contribution in [0, 0.1) is 11.6 Å². The van der Waals surface area contributed by atoms with Crippen molar-refractivity contribution < 1.29 is 27.2 Å². The van der Waals surface area contributed by atoms with Crippen LogP contribution in [-0.4, -0.2) is 32.0 Å². The average molecular weight is 342 g/mol. The third kappa shape index (κ3) is 3.68. The zero-order valence-electron chi connectivity index (χ0n) is 14.6. The quantitative estimate of drug-likeness (QED) is 0.746. The van der Waals surface area contributed by atoms with Gasteiger partial charge in [-0.2, -0.15) is 0 Å². The number of hydrogen-bond donors (Lipinski definition) is 0. The molecule has 1 heterocycles. The Morgan fingerprint density at radius 1 is 1.08 bits per heavy atom. The van der Waals surface area contributed by atoms with Gasteiger partial charge < -0.3 is 14.0 Å². The van der Waals surface area contributed by atoms with Crippen LogP contribution in [0.2, 0.25) is 0 Å². The second-order valence-electron chi connectivity index (χ2n) is 6.79. The minimum atomic E-state index is -1.20. The Labute approximate surface area is 140 Å². The van der Waals surface area contributed by atoms with Crippen molar-refractivity contribution in [3.63, 3.8) is 0 Å². The van der Waals surface area contributed by atoms with E-state index < -0.39 is 35.7 Å². The SMILES string of the molecule is COCCC(=C(F)B1OC(C)(C)C(C)(C)O1)c1ccc(F)c(F)c1. The zero-order chi connectivity index (χ0) is 18.1. The molecule has 0 unspecified atom stereocenters. The minimum Gasteiger partial charge on any atom is -0.398 e. The van der Waals surface area contributed by atoms with Gasteiger partial charge in [0.15, 0.2) is 11.6 Å². The Balaban J connectivity index is 2.42. The van der Waals surface area contributed by atoms with E-state index in [4.69, 9.17) is 14.0 Å². The van der Waals surface area contributed by atoms with Gasteiger partial charge in [0.25, 0.3) is 0 Å². The van der Waals surface area contributed by atoms with Gasteiger partial charge in [-0.25, -0.2) is 13.2 Å². The summed E-state index contributed by atoms with van der Waals surface area (Å²) < 4.78 is 58.1. The predicted molar refractivity (Wildman–Crippen MR) is 87.0 cm³/mol. The van der Waals surface area contributed by atoms with E-state index in [0.717, 1.165) is 12.1 Å². The van der Waals surface area contributed by atoms with Gasteiger partial charge in [-0.05, 0) is 57.4 Å². The average Bonchev–Trinajstić information content (AvgIpc) is 2.71. The van der Waals surface area contributed by atoms with Crippen LogP contribution in [0.3, 0.4) is 0 Å². The smallest absolute Gasteiger partial charge is 0.398 e. The van der Waals surface area contributed by atoms with E-state index in [9.17, 15) is 8.78 Å². The van der Waals surface area contributed by atoms with E-state index in [1.54, 1.807) is 0 Å². The highest BCUT2D eigenvalue weighted by atomic mass is 19.2. The molecule has 0 radical (unpaired) electrons. The topological polar surface area (TPSA) is 27.7 Å². The van der Waals surface area contributed by atoms with Gasteiger partial charge in [-0.15, -0.1) is 0 Å². The van der Waals surface area contributed by atoms with Crippen LogP contribution >= 0.6 is 0 Å². The van der Waals surface area contributed by atoms with Crippen LogP contribution < -0.4 is 0 Å². The molecule has 0 aliphatic carbocycles. The highest BCUT2D eigenvalue weighted by Gasteiger charge is 2.53. The van der Waals surface area contributed by atoms with Crippen molar-refractivity contribution in [3.8, 4) is 0 Å². The van der Waals surface area contributed by atoms with Gasteiger partial charge in [0, 0.05) is 7.11 Å². The monoisotopic (exact) mass is 342 g/mol. The van der Waals surface area contributed by atoms with Gasteiger partial charge in [-0.1, -0.05) is 6.07 Å². The van der Waals surface area contributed by atoms with Gasteiger partial charge in [0.2, 0.25) is 0 Å². The lowest BCUT2D eigenvalue weighted by Crippen LogP contribution is -2.41. The normalized spacial score (nSPS) is 20.2. The van der Waals surface area contributed by atoms with E-state index in [2.05, 4.69) is 0 Å². The number of hydrogen-bond acceptors (Lipinski definition) is 3. The van der Waals surface area contributed by atoms with Crippen molar-refractivity contribution in [1.29, 1.82) is 0 Å². The summed E-state index contributed by atoms with van der Waals surface area (Å²) in [6.07, 6.45) is 0.178. The van der Waals surface area contributed by atoms with Crippen molar-refractivity contribution in [2.75, 3.05) is 13.7 Å². The summed E-state index contributed by atoms with van der Waals surface area (Å²) in [5.74, 6) is -2.02. The zero-order valence-corrected chi connectivity index (χ0v) is 14.6. The summed E-state index contributed by atoms with van der Waals surface area (Å²) in [5, 5.41) is 0. The maximum Gasteiger partial charge on any atom is 0.525 e. The Kier molecular flexibility index (Phi) is 5.47. The van der Waals surface area contributed by atoms with Crippen molar-refractivity contribution in [2.24, 2.45) is 0 Å². The van der Waals surface area contributed by atoms with Crippen LogP contribution in [-0.2, 0) is 14.0 Å². The first kappa shape index (κ1) is 19.0. The van der Waals surface area contributed by atoms with Gasteiger partial charge in [0.05, 0.1) is 17.8 Å². The molecule has 1 fully saturated rings. The van der Waals surface area contributed by atoms with Crippen LogP contribution in [0.25, 0.3) is 5.57 Å². The van der Waals surface area contributed by atoms with Crippen molar-refractivity contribution in [2.45, 2.75) is 45.3 Å². The summed E-state index contributed by atoms with van der Waals surface area (Å²) in [6.45, 7) is 7.47. The fourth-order valence-electron chi connectivity index (χ4n) is 2.38. The van der Waals surface area contributed by atoms with Crippen molar-refractivity contribution in [3.05, 3.63) is 41.1 Å². The third-order valence-electron chi connectivity index (χ3n) is 4.57. The number of methoxy groups -OCH3 is 1. The molecule has 0 spiro atoms. The second kappa shape index (κ2) is 6.90. The number of rotatable bonds is 5. The molecular formula is C17H22BF3O3. The molecule has 132 valence electrons. The molecule has 24 heavy (non-hydrogen) atoms. The molecule has 0 N–H and O–H groups in total. The van der Waals surface area contributed by atoms with Crippen molar-refractivity contribution in [1.82, 2.24) is 0 Å². The van der Waals surface area contributed by atoms with Crippen LogP contribution in [0.5, 0.6) is 0 Å². The molecule has 1 aromatic rings. The summed E-state index contributed by atoms with van der Waals surface area (Å²) >= 11 is 0. The van der Waals surface area contributed by atoms with Crippen molar-refractivity contribution >= 4 is 12.7 Å². The Bertz CT molecular complexity index is 628. The summed E-state index contributed by atoms with van der Waals surface area (Å²) in [5.41, 5.74) is -1.64. The van der Waals surface area contributed by atoms with E-state index in [1.807, 2.05) is 27.7 Å². The largest absolute Gasteiger partial charge is 0.525 e. The fourth-order valence-corrected chi connectivity index (χ4v) is 2.38. The molecule has 2 rings (SSSR count). The third-order valence-corrected chi connectivity index (χ3v) is 4.57. The maximum atomic E-state index is 15.1. The molecule has 1 aliphatic heterocycles. The lowest BCUT2D eigenvalue weighted by atomic mass is 9.82. The molecule has 0 bridgehead atoms. The Hall–Kier alpha value is -1.31. The van der Waals surface area contributed by atoms with Crippen LogP contribution in [0.4, 0.5) is 13.2 Å². The van der Waals surface area contributed by atoms with Gasteiger partial charge in [-0.3, -0.25) is 0 Å². The molecule has 1 saturated heterocycles. The fraction of sp³-hybridized carbons (Fsp3) is 0.529. The predicted octanol–water partition coefficient (Wildman–Crippen LogP) is 4.31. The van der Waals surface area contributed by atoms with Gasteiger partial charge >= 0.3 is 7.12 Å². The summed E-state index contributed by atoms with van der Waals surface area (Å²) in [6, 6.07) is 3.26. The molecule has 7 heteroatoms. The van der Waals surface area contributed by atoms with Gasteiger partial charge in [0.1, 0.15) is 5.73 Å². The molecule has 0 amide bonds. The standard InChI is InChI=1S/C17H22BF3O3/c1-16(2)17(3,4)24-18(23-16)15(21)12(8-9-22-5)11-6-7-13(19)14(20)10-11/h6-7,10H,8-9H2,1-5H3. The number of halogens is 3.